The molecule has 0 saturated carbocycles. The first-order chi connectivity index (χ1) is 26.3. The van der Waals surface area contributed by atoms with Gasteiger partial charge in [-0.15, -0.1) is 0 Å². The van der Waals surface area contributed by atoms with Crippen molar-refractivity contribution in [3.8, 4) is 50.9 Å². The fourth-order valence-corrected chi connectivity index (χ4v) is 8.94. The molecular weight excluding hydrogens is 647 g/mol. The highest BCUT2D eigenvalue weighted by molar-refractivity contribution is 6.84. The van der Waals surface area contributed by atoms with Crippen molar-refractivity contribution in [2.24, 2.45) is 0 Å². The number of ether oxygens (including phenoxy) is 1. The number of fused-ring (bicyclic) bond motifs is 10. The Morgan fingerprint density at radius 2 is 0.943 bits per heavy atom. The van der Waals surface area contributed by atoms with Gasteiger partial charge in [0.1, 0.15) is 17.2 Å². The van der Waals surface area contributed by atoms with Gasteiger partial charge in [0.15, 0.2) is 0 Å². The van der Waals surface area contributed by atoms with Gasteiger partial charge in [0.25, 0.3) is 0 Å². The van der Waals surface area contributed by atoms with Gasteiger partial charge in [-0.1, -0.05) is 109 Å². The summed E-state index contributed by atoms with van der Waals surface area (Å²) in [6, 6.07) is 62.8. The highest BCUT2D eigenvalue weighted by Gasteiger charge is 2.41. The van der Waals surface area contributed by atoms with Gasteiger partial charge in [0.05, 0.1) is 27.8 Å². The lowest BCUT2D eigenvalue weighted by atomic mass is 9.50. The highest BCUT2D eigenvalue weighted by Crippen LogP contribution is 2.44. The third-order valence-corrected chi connectivity index (χ3v) is 11.2. The van der Waals surface area contributed by atoms with Crippen LogP contribution in [0.2, 0.25) is 0 Å². The second-order valence-electron chi connectivity index (χ2n) is 14.0. The van der Waals surface area contributed by atoms with Crippen molar-refractivity contribution in [2.75, 3.05) is 0 Å². The number of hydrogen-bond acceptors (Lipinski definition) is 2. The predicted molar refractivity (Wildman–Crippen MR) is 218 cm³/mol. The smallest absolute Gasteiger partial charge is 0.434 e. The van der Waals surface area contributed by atoms with Crippen molar-refractivity contribution in [3.63, 3.8) is 0 Å². The summed E-state index contributed by atoms with van der Waals surface area (Å²) in [5.74, 6) is 2.51. The Morgan fingerprint density at radius 3 is 1.60 bits per heavy atom. The van der Waals surface area contributed by atoms with Crippen LogP contribution in [0.3, 0.4) is 0 Å². The molecule has 0 atom stereocenters. The molecule has 5 heteroatoms. The van der Waals surface area contributed by atoms with E-state index in [1.54, 1.807) is 0 Å². The number of rotatable bonds is 3. The van der Waals surface area contributed by atoms with Crippen LogP contribution in [0.4, 0.5) is 0 Å². The molecule has 246 valence electrons. The maximum Gasteiger partial charge on any atom is 0.434 e. The fourth-order valence-electron chi connectivity index (χ4n) is 8.94. The number of nitrogens with zero attached hydrogens (tertiary/aromatic N) is 2. The summed E-state index contributed by atoms with van der Waals surface area (Å²) in [5, 5.41) is 4.96. The van der Waals surface area contributed by atoms with Crippen LogP contribution in [0.1, 0.15) is 0 Å². The predicted octanol–water partition coefficient (Wildman–Crippen LogP) is 10.8. The summed E-state index contributed by atoms with van der Waals surface area (Å²) in [6.07, 6.45) is 0. The molecule has 12 rings (SSSR count). The van der Waals surface area contributed by atoms with Gasteiger partial charge in [-0.25, -0.2) is 0 Å². The molecule has 0 saturated heterocycles. The average Bonchev–Trinajstić information content (AvgIpc) is 3.74. The number of benzene rings is 8. The molecule has 0 fully saturated rings. The van der Waals surface area contributed by atoms with Crippen LogP contribution in [-0.2, 0) is 0 Å². The summed E-state index contributed by atoms with van der Waals surface area (Å²) in [7, 11) is 0. The Morgan fingerprint density at radius 1 is 0.396 bits per heavy atom. The standard InChI is InChI=1S/C48H29BN2O2/c1-7-19-40(51-43-22-10-4-16-35(43)36-17-5-11-23-44(36)51)32(13-1)30-27-38-37-18-6-12-24-45(37)53-49-39-29-31(25-26-46(39)52-47(28-30)48(38)49)50-41-20-8-2-14-33(41)34-15-3-9-21-42(34)50/h1-29H. The Kier molecular flexibility index (Phi) is 5.83. The first kappa shape index (κ1) is 28.7. The van der Waals surface area contributed by atoms with Crippen LogP contribution >= 0.6 is 0 Å². The zero-order valence-corrected chi connectivity index (χ0v) is 28.5. The average molecular weight is 677 g/mol. The Bertz CT molecular complexity index is 3050. The molecule has 0 radical (unpaired) electrons. The first-order valence-electron chi connectivity index (χ1n) is 18.1. The molecule has 4 heterocycles. The summed E-state index contributed by atoms with van der Waals surface area (Å²) < 4.78 is 18.6. The second-order valence-corrected chi connectivity index (χ2v) is 14.0. The van der Waals surface area contributed by atoms with E-state index < -0.39 is 0 Å². The molecule has 53 heavy (non-hydrogen) atoms. The molecule has 0 N–H and O–H groups in total. The third-order valence-electron chi connectivity index (χ3n) is 11.2. The first-order valence-corrected chi connectivity index (χ1v) is 18.1. The van der Waals surface area contributed by atoms with Crippen molar-refractivity contribution in [2.45, 2.75) is 0 Å². The topological polar surface area (TPSA) is 28.3 Å². The zero-order chi connectivity index (χ0) is 34.6. The van der Waals surface area contributed by atoms with Crippen LogP contribution in [0.25, 0.3) is 77.2 Å². The lowest BCUT2D eigenvalue weighted by molar-refractivity contribution is 0.479. The second kappa shape index (κ2) is 10.8. The molecule has 0 spiro atoms. The van der Waals surface area contributed by atoms with Gasteiger partial charge >= 0.3 is 6.92 Å². The molecule has 2 aliphatic heterocycles. The van der Waals surface area contributed by atoms with Crippen LogP contribution < -0.4 is 20.3 Å². The van der Waals surface area contributed by atoms with Gasteiger partial charge in [0.2, 0.25) is 0 Å². The maximum absolute atomic E-state index is 6.94. The van der Waals surface area contributed by atoms with Crippen LogP contribution in [0.5, 0.6) is 17.2 Å². The van der Waals surface area contributed by atoms with E-state index in [9.17, 15) is 0 Å². The molecule has 10 aromatic rings. The van der Waals surface area contributed by atoms with Crippen LogP contribution in [-0.4, -0.2) is 16.0 Å². The van der Waals surface area contributed by atoms with Crippen LogP contribution in [0.15, 0.2) is 176 Å². The lowest BCUT2D eigenvalue weighted by Crippen LogP contribution is -2.53. The van der Waals surface area contributed by atoms with Gasteiger partial charge in [-0.05, 0) is 77.9 Å². The van der Waals surface area contributed by atoms with Crippen molar-refractivity contribution < 1.29 is 9.39 Å². The van der Waals surface area contributed by atoms with Gasteiger partial charge in [-0.3, -0.25) is 0 Å². The third kappa shape index (κ3) is 4.02. The maximum atomic E-state index is 6.94. The van der Waals surface area contributed by atoms with Crippen molar-refractivity contribution in [1.29, 1.82) is 0 Å². The molecule has 0 unspecified atom stereocenters. The molecule has 0 amide bonds. The minimum atomic E-state index is -0.326. The number of para-hydroxylation sites is 6. The van der Waals surface area contributed by atoms with Gasteiger partial charge in [-0.2, -0.15) is 0 Å². The van der Waals surface area contributed by atoms with Crippen molar-refractivity contribution in [3.05, 3.63) is 176 Å². The zero-order valence-electron chi connectivity index (χ0n) is 28.5. The molecule has 0 bridgehead atoms. The quantitative estimate of drug-likeness (QED) is 0.174. The summed E-state index contributed by atoms with van der Waals surface area (Å²) in [4.78, 5) is 0. The van der Waals surface area contributed by atoms with E-state index in [1.165, 1.54) is 43.6 Å². The monoisotopic (exact) mass is 676 g/mol. The molecule has 0 aliphatic carbocycles. The fraction of sp³-hybridized carbons (Fsp3) is 0. The molecule has 2 aromatic heterocycles. The van der Waals surface area contributed by atoms with E-state index in [4.69, 9.17) is 9.39 Å². The molecule has 8 aromatic carbocycles. The van der Waals surface area contributed by atoms with E-state index in [2.05, 4.69) is 185 Å². The minimum Gasteiger partial charge on any atom is -0.551 e. The van der Waals surface area contributed by atoms with Gasteiger partial charge in [0, 0.05) is 49.3 Å². The molecule has 2 aliphatic rings. The molecular formula is C48H29BN2O2. The summed E-state index contributed by atoms with van der Waals surface area (Å²) >= 11 is 0. The van der Waals surface area contributed by atoms with Crippen molar-refractivity contribution >= 4 is 61.5 Å². The molecule has 4 nitrogen and oxygen atoms in total. The van der Waals surface area contributed by atoms with E-state index in [0.717, 1.165) is 61.8 Å². The Balaban J connectivity index is 1.07. The van der Waals surface area contributed by atoms with E-state index >= 15 is 0 Å². The van der Waals surface area contributed by atoms with E-state index in [1.807, 2.05) is 0 Å². The largest absolute Gasteiger partial charge is 0.551 e. The summed E-state index contributed by atoms with van der Waals surface area (Å²) in [6.45, 7) is -0.326. The minimum absolute atomic E-state index is 0.326. The SMILES string of the molecule is c1ccc2c(c1)OB1c3cc(-n4c5ccccc5c5ccccc54)ccc3Oc3cc(-c4ccccc4-n4c5ccccc5c5ccccc54)cc-2c31. The summed E-state index contributed by atoms with van der Waals surface area (Å²) in [5.41, 5.74) is 13.4. The lowest BCUT2D eigenvalue weighted by Gasteiger charge is -2.33. The Hall–Kier alpha value is -6.98. The normalized spacial score (nSPS) is 12.8. The number of hydrogen-bond donors (Lipinski definition) is 0. The highest BCUT2D eigenvalue weighted by atomic mass is 16.5. The Labute approximate surface area is 305 Å². The van der Waals surface area contributed by atoms with Crippen molar-refractivity contribution in [1.82, 2.24) is 9.13 Å². The number of aromatic nitrogens is 2. The van der Waals surface area contributed by atoms with Crippen LogP contribution in [0, 0.1) is 0 Å². The van der Waals surface area contributed by atoms with E-state index in [0.29, 0.717) is 0 Å². The van der Waals surface area contributed by atoms with Gasteiger partial charge < -0.3 is 18.5 Å². The van der Waals surface area contributed by atoms with E-state index in [-0.39, 0.29) is 6.92 Å².